The molecule has 0 bridgehead atoms. The predicted octanol–water partition coefficient (Wildman–Crippen LogP) is 3.12. The van der Waals surface area contributed by atoms with E-state index in [1.807, 2.05) is 0 Å². The third kappa shape index (κ3) is 3.50. The molecule has 0 unspecified atom stereocenters. The van der Waals surface area contributed by atoms with Gasteiger partial charge in [0.1, 0.15) is 5.82 Å². The second-order valence-corrected chi connectivity index (χ2v) is 6.11. The number of ketones is 1. The number of Topliss-reactive ketones (excluding diaryl/α,β-unsaturated/α-hetero) is 1. The van der Waals surface area contributed by atoms with E-state index in [1.54, 1.807) is 12.1 Å². The summed E-state index contributed by atoms with van der Waals surface area (Å²) < 4.78 is 12.9. The van der Waals surface area contributed by atoms with E-state index in [0.717, 1.165) is 39.0 Å². The maximum Gasteiger partial charge on any atom is 0.166 e. The van der Waals surface area contributed by atoms with Crippen molar-refractivity contribution in [3.63, 3.8) is 0 Å². The molecule has 0 spiro atoms. The Morgan fingerprint density at radius 2 is 1.48 bits per heavy atom. The van der Waals surface area contributed by atoms with E-state index in [4.69, 9.17) is 0 Å². The average Bonchev–Trinajstić information content (AvgIpc) is 2.56. The summed E-state index contributed by atoms with van der Waals surface area (Å²) in [5.41, 5.74) is 0.646. The minimum absolute atomic E-state index is 0.0940. The molecule has 1 aromatic carbocycles. The van der Waals surface area contributed by atoms with Crippen LogP contribution in [0.25, 0.3) is 0 Å². The summed E-state index contributed by atoms with van der Waals surface area (Å²) in [6.07, 6.45) is 5.73. The molecule has 2 heterocycles. The molecule has 0 aliphatic carbocycles. The van der Waals surface area contributed by atoms with Crippen LogP contribution in [0.15, 0.2) is 24.3 Å². The molecule has 3 rings (SSSR count). The highest BCUT2D eigenvalue weighted by Crippen LogP contribution is 2.24. The minimum Gasteiger partial charge on any atom is -0.294 e. The number of hydrogen-bond donors (Lipinski definition) is 0. The van der Waals surface area contributed by atoms with Crippen LogP contribution in [0.2, 0.25) is 0 Å². The molecule has 0 aromatic heterocycles. The van der Waals surface area contributed by atoms with Crippen molar-refractivity contribution in [2.24, 2.45) is 5.92 Å². The second-order valence-electron chi connectivity index (χ2n) is 6.11. The predicted molar refractivity (Wildman–Crippen MR) is 80.5 cm³/mol. The number of hydrazine groups is 1. The van der Waals surface area contributed by atoms with E-state index >= 15 is 0 Å². The largest absolute Gasteiger partial charge is 0.294 e. The van der Waals surface area contributed by atoms with Gasteiger partial charge in [-0.1, -0.05) is 6.42 Å². The van der Waals surface area contributed by atoms with E-state index in [9.17, 15) is 9.18 Å². The van der Waals surface area contributed by atoms with E-state index < -0.39 is 0 Å². The van der Waals surface area contributed by atoms with Crippen molar-refractivity contribution < 1.29 is 9.18 Å². The lowest BCUT2D eigenvalue weighted by molar-refractivity contribution is -0.0584. The van der Waals surface area contributed by atoms with Crippen LogP contribution in [0.1, 0.15) is 42.5 Å². The van der Waals surface area contributed by atoms with Crippen LogP contribution < -0.4 is 0 Å². The van der Waals surface area contributed by atoms with Gasteiger partial charge in [-0.15, -0.1) is 0 Å². The Morgan fingerprint density at radius 1 is 0.905 bits per heavy atom. The Kier molecular flexibility index (Phi) is 4.66. The lowest BCUT2D eigenvalue weighted by atomic mass is 9.89. The highest BCUT2D eigenvalue weighted by Gasteiger charge is 2.28. The van der Waals surface area contributed by atoms with Gasteiger partial charge in [0.25, 0.3) is 0 Å². The Hall–Kier alpha value is -1.26. The highest BCUT2D eigenvalue weighted by molar-refractivity contribution is 5.97. The fourth-order valence-electron chi connectivity index (χ4n) is 3.42. The smallest absolute Gasteiger partial charge is 0.166 e. The molecule has 0 atom stereocenters. The van der Waals surface area contributed by atoms with Gasteiger partial charge in [-0.05, 0) is 49.9 Å². The van der Waals surface area contributed by atoms with Crippen molar-refractivity contribution >= 4 is 5.78 Å². The standard InChI is InChI=1S/C17H23FN2O/c18-16-6-4-14(5-7-16)17(21)15-8-12-20(13-9-15)19-10-2-1-3-11-19/h4-7,15H,1-3,8-13H2. The fourth-order valence-corrected chi connectivity index (χ4v) is 3.42. The number of carbonyl (C=O) groups excluding carboxylic acids is 1. The molecule has 0 N–H and O–H groups in total. The molecule has 2 saturated heterocycles. The van der Waals surface area contributed by atoms with Gasteiger partial charge < -0.3 is 0 Å². The van der Waals surface area contributed by atoms with Crippen LogP contribution in [-0.2, 0) is 0 Å². The molecule has 4 heteroatoms. The van der Waals surface area contributed by atoms with Gasteiger partial charge in [0.15, 0.2) is 5.78 Å². The molecule has 0 amide bonds. The van der Waals surface area contributed by atoms with Crippen LogP contribution in [-0.4, -0.2) is 42.0 Å². The molecule has 1 aromatic rings. The zero-order valence-electron chi connectivity index (χ0n) is 12.4. The number of carbonyl (C=O) groups is 1. The summed E-state index contributed by atoms with van der Waals surface area (Å²) in [7, 11) is 0. The molecule has 0 saturated carbocycles. The van der Waals surface area contributed by atoms with Crippen molar-refractivity contribution in [2.45, 2.75) is 32.1 Å². The van der Waals surface area contributed by atoms with Crippen molar-refractivity contribution in [1.29, 1.82) is 0 Å². The molecule has 2 aliphatic rings. The third-order valence-electron chi connectivity index (χ3n) is 4.70. The molecule has 0 radical (unpaired) electrons. The van der Waals surface area contributed by atoms with Gasteiger partial charge in [-0.3, -0.25) is 4.79 Å². The number of halogens is 1. The number of rotatable bonds is 3. The third-order valence-corrected chi connectivity index (χ3v) is 4.70. The maximum absolute atomic E-state index is 12.9. The molecule has 114 valence electrons. The second kappa shape index (κ2) is 6.67. The lowest BCUT2D eigenvalue weighted by Crippen LogP contribution is -2.49. The normalized spacial score (nSPS) is 22.3. The first kappa shape index (κ1) is 14.7. The van der Waals surface area contributed by atoms with Crippen LogP contribution in [0, 0.1) is 11.7 Å². The Labute approximate surface area is 125 Å². The molecule has 2 fully saturated rings. The monoisotopic (exact) mass is 290 g/mol. The van der Waals surface area contributed by atoms with E-state index in [1.165, 1.54) is 31.4 Å². The number of piperidine rings is 2. The van der Waals surface area contributed by atoms with Crippen molar-refractivity contribution in [3.05, 3.63) is 35.6 Å². The number of nitrogens with zero attached hydrogens (tertiary/aromatic N) is 2. The molecule has 3 nitrogen and oxygen atoms in total. The van der Waals surface area contributed by atoms with E-state index in [-0.39, 0.29) is 17.5 Å². The first-order chi connectivity index (χ1) is 10.2. The summed E-state index contributed by atoms with van der Waals surface area (Å²) in [6, 6.07) is 5.95. The molecular weight excluding hydrogens is 267 g/mol. The molecule has 21 heavy (non-hydrogen) atoms. The topological polar surface area (TPSA) is 23.6 Å². The average molecular weight is 290 g/mol. The Morgan fingerprint density at radius 3 is 2.10 bits per heavy atom. The quantitative estimate of drug-likeness (QED) is 0.799. The van der Waals surface area contributed by atoms with Gasteiger partial charge in [-0.2, -0.15) is 0 Å². The van der Waals surface area contributed by atoms with Gasteiger partial charge in [0, 0.05) is 37.7 Å². The SMILES string of the molecule is O=C(c1ccc(F)cc1)C1CCN(N2CCCCC2)CC1. The van der Waals surface area contributed by atoms with Crippen LogP contribution in [0.5, 0.6) is 0 Å². The first-order valence-electron chi connectivity index (χ1n) is 8.03. The summed E-state index contributed by atoms with van der Waals surface area (Å²) in [6.45, 7) is 4.27. The number of benzene rings is 1. The summed E-state index contributed by atoms with van der Waals surface area (Å²) in [4.78, 5) is 12.4. The zero-order valence-corrected chi connectivity index (χ0v) is 12.4. The van der Waals surface area contributed by atoms with Gasteiger partial charge >= 0.3 is 0 Å². The van der Waals surface area contributed by atoms with Gasteiger partial charge in [-0.25, -0.2) is 14.4 Å². The highest BCUT2D eigenvalue weighted by atomic mass is 19.1. The van der Waals surface area contributed by atoms with Crippen LogP contribution in [0.4, 0.5) is 4.39 Å². The summed E-state index contributed by atoms with van der Waals surface area (Å²) in [5, 5.41) is 4.88. The number of hydrogen-bond acceptors (Lipinski definition) is 3. The lowest BCUT2D eigenvalue weighted by Gasteiger charge is -2.41. The van der Waals surface area contributed by atoms with E-state index in [2.05, 4.69) is 10.0 Å². The van der Waals surface area contributed by atoms with Crippen LogP contribution in [0.3, 0.4) is 0 Å². The maximum atomic E-state index is 12.9. The minimum atomic E-state index is -0.286. The van der Waals surface area contributed by atoms with Crippen molar-refractivity contribution in [3.8, 4) is 0 Å². The summed E-state index contributed by atoms with van der Waals surface area (Å²) in [5.74, 6) is -0.0173. The fraction of sp³-hybridized carbons (Fsp3) is 0.588. The van der Waals surface area contributed by atoms with Crippen LogP contribution >= 0.6 is 0 Å². The Bertz CT molecular complexity index is 474. The Balaban J connectivity index is 1.55. The first-order valence-corrected chi connectivity index (χ1v) is 8.03. The van der Waals surface area contributed by atoms with Crippen molar-refractivity contribution in [2.75, 3.05) is 26.2 Å². The molecule has 2 aliphatic heterocycles. The van der Waals surface area contributed by atoms with Crippen molar-refractivity contribution in [1.82, 2.24) is 10.0 Å². The van der Waals surface area contributed by atoms with E-state index in [0.29, 0.717) is 5.56 Å². The van der Waals surface area contributed by atoms with Gasteiger partial charge in [0.2, 0.25) is 0 Å². The zero-order chi connectivity index (χ0) is 14.7. The van der Waals surface area contributed by atoms with Gasteiger partial charge in [0.05, 0.1) is 0 Å². The summed E-state index contributed by atoms with van der Waals surface area (Å²) >= 11 is 0. The molecular formula is C17H23FN2O.